The highest BCUT2D eigenvalue weighted by molar-refractivity contribution is 7.99. The second kappa shape index (κ2) is 8.55. The summed E-state index contributed by atoms with van der Waals surface area (Å²) in [6.07, 6.45) is 0. The number of halogens is 1. The fraction of sp³-hybridized carbons (Fsp3) is 0.316. The molecule has 2 N–H and O–H groups in total. The minimum atomic E-state index is -0.170. The van der Waals surface area contributed by atoms with Gasteiger partial charge >= 0.3 is 0 Å². The number of aromatic nitrogens is 2. The molecule has 0 radical (unpaired) electrons. The first kappa shape index (κ1) is 20.7. The Hall–Kier alpha value is -2.03. The van der Waals surface area contributed by atoms with E-state index in [1.807, 2.05) is 20.8 Å². The highest BCUT2D eigenvalue weighted by Crippen LogP contribution is 2.31. The van der Waals surface area contributed by atoms with Crippen molar-refractivity contribution in [2.45, 2.75) is 26.5 Å². The van der Waals surface area contributed by atoms with Gasteiger partial charge in [0, 0.05) is 16.0 Å². The van der Waals surface area contributed by atoms with Crippen LogP contribution >= 0.6 is 34.7 Å². The lowest BCUT2D eigenvalue weighted by atomic mass is 10.2. The third kappa shape index (κ3) is 4.34. The third-order valence-electron chi connectivity index (χ3n) is 4.31. The van der Waals surface area contributed by atoms with E-state index >= 15 is 0 Å². The minimum absolute atomic E-state index is 0.131. The number of carbonyl (C=O) groups excluding carboxylic acids is 1. The maximum absolute atomic E-state index is 12.3. The molecule has 0 aliphatic heterocycles. The van der Waals surface area contributed by atoms with Gasteiger partial charge in [-0.25, -0.2) is 4.98 Å². The Morgan fingerprint density at radius 2 is 2.11 bits per heavy atom. The Morgan fingerprint density at radius 1 is 1.36 bits per heavy atom. The van der Waals surface area contributed by atoms with Crippen LogP contribution in [0.15, 0.2) is 16.9 Å². The number of aryl methyl sites for hydroxylation is 3. The zero-order chi connectivity index (χ0) is 20.4. The standard InChI is InChI=1S/C19H20ClN3O3S2/c1-9-5-13(14(26-4)6-12(9)20)21-16(24)8-27-7-15-22-18(25)17-10(2)11(3)28-19(17)23-15/h5-6H,7-8H2,1-4H3,(H,21,24)(H,22,23,25). The first-order valence-corrected chi connectivity index (χ1v) is 10.9. The number of methoxy groups -OCH3 is 1. The molecule has 0 aliphatic carbocycles. The van der Waals surface area contributed by atoms with Gasteiger partial charge in [0.25, 0.3) is 5.56 Å². The van der Waals surface area contributed by atoms with E-state index in [9.17, 15) is 9.59 Å². The van der Waals surface area contributed by atoms with Crippen LogP contribution in [0.2, 0.25) is 5.02 Å². The fourth-order valence-electron chi connectivity index (χ4n) is 2.72. The Kier molecular flexibility index (Phi) is 6.32. The molecule has 0 atom stereocenters. The molecule has 0 aliphatic rings. The number of rotatable bonds is 6. The summed E-state index contributed by atoms with van der Waals surface area (Å²) < 4.78 is 5.27. The van der Waals surface area contributed by atoms with Gasteiger partial charge in [0.2, 0.25) is 5.91 Å². The van der Waals surface area contributed by atoms with Crippen LogP contribution in [0.4, 0.5) is 5.69 Å². The molecule has 2 heterocycles. The van der Waals surface area contributed by atoms with Gasteiger partial charge < -0.3 is 15.0 Å². The van der Waals surface area contributed by atoms with Crippen molar-refractivity contribution in [1.82, 2.24) is 9.97 Å². The van der Waals surface area contributed by atoms with Gasteiger partial charge in [-0.3, -0.25) is 9.59 Å². The van der Waals surface area contributed by atoms with E-state index < -0.39 is 0 Å². The quantitative estimate of drug-likeness (QED) is 0.595. The molecule has 0 saturated heterocycles. The van der Waals surface area contributed by atoms with Crippen molar-refractivity contribution in [3.63, 3.8) is 0 Å². The Labute approximate surface area is 175 Å². The van der Waals surface area contributed by atoms with Gasteiger partial charge in [0.1, 0.15) is 16.4 Å². The van der Waals surface area contributed by atoms with Gasteiger partial charge in [-0.2, -0.15) is 0 Å². The van der Waals surface area contributed by atoms with Crippen LogP contribution in [0.25, 0.3) is 10.2 Å². The maximum Gasteiger partial charge on any atom is 0.259 e. The summed E-state index contributed by atoms with van der Waals surface area (Å²) in [5.41, 5.74) is 2.27. The first-order chi connectivity index (χ1) is 13.3. The number of thioether (sulfide) groups is 1. The van der Waals surface area contributed by atoms with E-state index in [1.165, 1.54) is 30.2 Å². The molecule has 1 aromatic carbocycles. The third-order valence-corrected chi connectivity index (χ3v) is 6.77. The van der Waals surface area contributed by atoms with Crippen LogP contribution in [0.1, 0.15) is 21.8 Å². The fourth-order valence-corrected chi connectivity index (χ4v) is 4.62. The monoisotopic (exact) mass is 437 g/mol. The van der Waals surface area contributed by atoms with Crippen LogP contribution in [-0.4, -0.2) is 28.7 Å². The number of carbonyl (C=O) groups is 1. The van der Waals surface area contributed by atoms with E-state index in [-0.39, 0.29) is 17.2 Å². The number of hydrogen-bond donors (Lipinski definition) is 2. The highest BCUT2D eigenvalue weighted by atomic mass is 35.5. The maximum atomic E-state index is 12.3. The molecule has 0 fully saturated rings. The summed E-state index contributed by atoms with van der Waals surface area (Å²) in [5.74, 6) is 1.56. The van der Waals surface area contributed by atoms with Gasteiger partial charge in [-0.05, 0) is 38.0 Å². The summed E-state index contributed by atoms with van der Waals surface area (Å²) in [5, 5.41) is 4.06. The lowest BCUT2D eigenvalue weighted by Gasteiger charge is -2.12. The second-order valence-corrected chi connectivity index (χ2v) is 8.91. The lowest BCUT2D eigenvalue weighted by Crippen LogP contribution is -2.16. The van der Waals surface area contributed by atoms with Gasteiger partial charge in [0.15, 0.2) is 0 Å². The normalized spacial score (nSPS) is 11.0. The molecular weight excluding hydrogens is 418 g/mol. The van der Waals surface area contributed by atoms with E-state index in [0.717, 1.165) is 20.8 Å². The largest absolute Gasteiger partial charge is 0.495 e. The zero-order valence-electron chi connectivity index (χ0n) is 15.9. The predicted octanol–water partition coefficient (Wildman–Crippen LogP) is 4.44. The molecule has 2 aromatic heterocycles. The number of thiophene rings is 1. The number of hydrogen-bond acceptors (Lipinski definition) is 6. The molecule has 6 nitrogen and oxygen atoms in total. The van der Waals surface area contributed by atoms with Crippen molar-refractivity contribution in [1.29, 1.82) is 0 Å². The molecule has 0 unspecified atom stereocenters. The molecule has 1 amide bonds. The van der Waals surface area contributed by atoms with Crippen LogP contribution in [0.5, 0.6) is 5.75 Å². The Morgan fingerprint density at radius 3 is 2.82 bits per heavy atom. The van der Waals surface area contributed by atoms with Crippen molar-refractivity contribution < 1.29 is 9.53 Å². The lowest BCUT2D eigenvalue weighted by molar-refractivity contribution is -0.113. The van der Waals surface area contributed by atoms with E-state index in [4.69, 9.17) is 16.3 Å². The molecular formula is C19H20ClN3O3S2. The van der Waals surface area contributed by atoms with Crippen LogP contribution in [-0.2, 0) is 10.5 Å². The van der Waals surface area contributed by atoms with Crippen LogP contribution < -0.4 is 15.6 Å². The predicted molar refractivity (Wildman–Crippen MR) is 117 cm³/mol. The zero-order valence-corrected chi connectivity index (χ0v) is 18.3. The van der Waals surface area contributed by atoms with E-state index in [2.05, 4.69) is 15.3 Å². The molecule has 3 rings (SSSR count). The average molecular weight is 438 g/mol. The Balaban J connectivity index is 1.64. The van der Waals surface area contributed by atoms with Gasteiger partial charge in [0.05, 0.1) is 29.7 Å². The SMILES string of the molecule is COc1cc(Cl)c(C)cc1NC(=O)CSCc1nc2sc(C)c(C)c2c(=O)[nH]1. The molecule has 0 saturated carbocycles. The minimum Gasteiger partial charge on any atom is -0.495 e. The molecule has 28 heavy (non-hydrogen) atoms. The molecule has 3 aromatic rings. The number of H-pyrrole nitrogens is 1. The average Bonchev–Trinajstić information content (AvgIpc) is 2.92. The van der Waals surface area contributed by atoms with Crippen molar-refractivity contribution in [2.24, 2.45) is 0 Å². The van der Waals surface area contributed by atoms with E-state index in [1.54, 1.807) is 12.1 Å². The summed E-state index contributed by atoms with van der Waals surface area (Å²) in [7, 11) is 1.53. The van der Waals surface area contributed by atoms with Gasteiger partial charge in [-0.15, -0.1) is 23.1 Å². The topological polar surface area (TPSA) is 84.1 Å². The summed E-state index contributed by atoms with van der Waals surface area (Å²) in [6, 6.07) is 3.45. The first-order valence-electron chi connectivity index (χ1n) is 8.50. The smallest absolute Gasteiger partial charge is 0.259 e. The van der Waals surface area contributed by atoms with Crippen molar-refractivity contribution in [2.75, 3.05) is 18.2 Å². The van der Waals surface area contributed by atoms with Crippen molar-refractivity contribution in [3.8, 4) is 5.75 Å². The van der Waals surface area contributed by atoms with Gasteiger partial charge in [-0.1, -0.05) is 11.6 Å². The molecule has 0 spiro atoms. The number of nitrogens with zero attached hydrogens (tertiary/aromatic N) is 1. The van der Waals surface area contributed by atoms with Crippen LogP contribution in [0.3, 0.4) is 0 Å². The molecule has 0 bridgehead atoms. The van der Waals surface area contributed by atoms with E-state index in [0.29, 0.717) is 33.4 Å². The highest BCUT2D eigenvalue weighted by Gasteiger charge is 2.13. The number of fused-ring (bicyclic) bond motifs is 1. The number of benzene rings is 1. The second-order valence-electron chi connectivity index (χ2n) is 6.32. The number of ether oxygens (including phenoxy) is 1. The summed E-state index contributed by atoms with van der Waals surface area (Å²) >= 11 is 8.97. The number of anilines is 1. The molecule has 9 heteroatoms. The number of amides is 1. The van der Waals surface area contributed by atoms with Crippen LogP contribution in [0, 0.1) is 20.8 Å². The van der Waals surface area contributed by atoms with Crippen molar-refractivity contribution >= 4 is 56.5 Å². The summed E-state index contributed by atoms with van der Waals surface area (Å²) in [4.78, 5) is 33.7. The van der Waals surface area contributed by atoms with Crippen molar-refractivity contribution in [3.05, 3.63) is 49.3 Å². The summed E-state index contributed by atoms with van der Waals surface area (Å²) in [6.45, 7) is 5.77. The Bertz CT molecular complexity index is 1110. The number of nitrogens with one attached hydrogen (secondary N) is 2. The molecule has 148 valence electrons. The number of aromatic amines is 1.